The summed E-state index contributed by atoms with van der Waals surface area (Å²) in [6.45, 7) is 4.81. The van der Waals surface area contributed by atoms with Gasteiger partial charge >= 0.3 is 12.0 Å². The Bertz CT molecular complexity index is 534. The van der Waals surface area contributed by atoms with Gasteiger partial charge in [-0.25, -0.2) is 4.79 Å². The first kappa shape index (κ1) is 15.4. The summed E-state index contributed by atoms with van der Waals surface area (Å²) in [5, 5.41) is 12.3. The number of aryl methyl sites for hydroxylation is 1. The zero-order valence-electron chi connectivity index (χ0n) is 12.6. The average molecular weight is 290 g/mol. The highest BCUT2D eigenvalue weighted by Gasteiger charge is 2.40. The lowest BCUT2D eigenvalue weighted by molar-refractivity contribution is -0.151. The van der Waals surface area contributed by atoms with Crippen molar-refractivity contribution < 1.29 is 14.7 Å². The Morgan fingerprint density at radius 2 is 1.90 bits per heavy atom. The molecule has 1 fully saturated rings. The Kier molecular flexibility index (Phi) is 4.50. The van der Waals surface area contributed by atoms with Crippen LogP contribution in [0.5, 0.6) is 0 Å². The molecule has 1 heterocycles. The Balaban J connectivity index is 1.98. The minimum Gasteiger partial charge on any atom is -0.481 e. The molecule has 1 aliphatic heterocycles. The highest BCUT2D eigenvalue weighted by Crippen LogP contribution is 2.35. The monoisotopic (exact) mass is 290 g/mol. The fraction of sp³-hybridized carbons (Fsp3) is 0.500. The van der Waals surface area contributed by atoms with Crippen LogP contribution in [0.1, 0.15) is 31.7 Å². The third-order valence-corrected chi connectivity index (χ3v) is 4.52. The molecule has 2 amide bonds. The summed E-state index contributed by atoms with van der Waals surface area (Å²) in [5.41, 5.74) is 1.14. The summed E-state index contributed by atoms with van der Waals surface area (Å²) in [6, 6.07) is 7.46. The molecule has 0 saturated carbocycles. The van der Waals surface area contributed by atoms with Crippen LogP contribution in [0.4, 0.5) is 10.5 Å². The second-order valence-corrected chi connectivity index (χ2v) is 5.67. The highest BCUT2D eigenvalue weighted by molar-refractivity contribution is 5.90. The number of hydrogen-bond acceptors (Lipinski definition) is 2. The van der Waals surface area contributed by atoms with Gasteiger partial charge in [0.05, 0.1) is 5.41 Å². The molecule has 0 atom stereocenters. The normalized spacial score (nSPS) is 17.3. The van der Waals surface area contributed by atoms with Gasteiger partial charge < -0.3 is 15.3 Å². The number of nitrogens with one attached hydrogen (secondary N) is 1. The SMILES string of the molecule is CCC1(C(=O)O)CCN(C(=O)Nc2ccccc2C)CC1. The average Bonchev–Trinajstić information content (AvgIpc) is 2.49. The summed E-state index contributed by atoms with van der Waals surface area (Å²) in [7, 11) is 0. The van der Waals surface area contributed by atoms with E-state index in [1.54, 1.807) is 4.90 Å². The van der Waals surface area contributed by atoms with Crippen molar-refractivity contribution >= 4 is 17.7 Å². The maximum Gasteiger partial charge on any atom is 0.321 e. The van der Waals surface area contributed by atoms with E-state index in [1.807, 2.05) is 38.1 Å². The van der Waals surface area contributed by atoms with Gasteiger partial charge in [0, 0.05) is 18.8 Å². The van der Waals surface area contributed by atoms with Crippen molar-refractivity contribution in [1.82, 2.24) is 4.90 Å². The first-order valence-corrected chi connectivity index (χ1v) is 7.33. The molecular formula is C16H22N2O3. The number of anilines is 1. The Labute approximate surface area is 125 Å². The molecule has 1 aliphatic rings. The van der Waals surface area contributed by atoms with E-state index >= 15 is 0 Å². The van der Waals surface area contributed by atoms with Crippen LogP contribution in [-0.4, -0.2) is 35.1 Å². The lowest BCUT2D eigenvalue weighted by Crippen LogP contribution is -2.47. The number of benzene rings is 1. The minimum absolute atomic E-state index is 0.153. The van der Waals surface area contributed by atoms with Crippen molar-refractivity contribution in [2.75, 3.05) is 18.4 Å². The van der Waals surface area contributed by atoms with Crippen molar-refractivity contribution in [3.63, 3.8) is 0 Å². The van der Waals surface area contributed by atoms with Crippen LogP contribution in [0, 0.1) is 12.3 Å². The van der Waals surface area contributed by atoms with Gasteiger partial charge in [-0.2, -0.15) is 0 Å². The fourth-order valence-corrected chi connectivity index (χ4v) is 2.76. The first-order valence-electron chi connectivity index (χ1n) is 7.33. The third kappa shape index (κ3) is 3.17. The van der Waals surface area contributed by atoms with Crippen molar-refractivity contribution in [2.24, 2.45) is 5.41 Å². The number of urea groups is 1. The van der Waals surface area contributed by atoms with Crippen LogP contribution in [-0.2, 0) is 4.79 Å². The van der Waals surface area contributed by atoms with Gasteiger partial charge in [0.2, 0.25) is 0 Å². The van der Waals surface area contributed by atoms with E-state index in [9.17, 15) is 14.7 Å². The van der Waals surface area contributed by atoms with Gasteiger partial charge in [0.25, 0.3) is 0 Å². The Morgan fingerprint density at radius 3 is 2.43 bits per heavy atom. The van der Waals surface area contributed by atoms with Crippen molar-refractivity contribution in [2.45, 2.75) is 33.1 Å². The molecule has 2 rings (SSSR count). The molecule has 0 spiro atoms. The highest BCUT2D eigenvalue weighted by atomic mass is 16.4. The van der Waals surface area contributed by atoms with E-state index in [2.05, 4.69) is 5.32 Å². The van der Waals surface area contributed by atoms with E-state index < -0.39 is 11.4 Å². The number of amides is 2. The molecule has 0 unspecified atom stereocenters. The Morgan fingerprint density at radius 1 is 1.29 bits per heavy atom. The van der Waals surface area contributed by atoms with E-state index in [1.165, 1.54) is 0 Å². The van der Waals surface area contributed by atoms with E-state index in [-0.39, 0.29) is 6.03 Å². The summed E-state index contributed by atoms with van der Waals surface area (Å²) in [4.78, 5) is 25.4. The number of nitrogens with zero attached hydrogens (tertiary/aromatic N) is 1. The van der Waals surface area contributed by atoms with Gasteiger partial charge in [-0.1, -0.05) is 25.1 Å². The lowest BCUT2D eigenvalue weighted by atomic mass is 9.76. The zero-order valence-corrected chi connectivity index (χ0v) is 12.6. The van der Waals surface area contributed by atoms with Crippen LogP contribution in [0.15, 0.2) is 24.3 Å². The number of piperidine rings is 1. The quantitative estimate of drug-likeness (QED) is 0.898. The molecule has 0 bridgehead atoms. The number of aliphatic carboxylic acids is 1. The molecular weight excluding hydrogens is 268 g/mol. The van der Waals surface area contributed by atoms with Gasteiger partial charge in [0.15, 0.2) is 0 Å². The molecule has 2 N–H and O–H groups in total. The van der Waals surface area contributed by atoms with Crippen molar-refractivity contribution in [3.05, 3.63) is 29.8 Å². The van der Waals surface area contributed by atoms with E-state index in [0.29, 0.717) is 32.4 Å². The number of carboxylic acid groups (broad SMARTS) is 1. The van der Waals surface area contributed by atoms with Crippen LogP contribution < -0.4 is 5.32 Å². The number of likely N-dealkylation sites (tertiary alicyclic amines) is 1. The molecule has 5 nitrogen and oxygen atoms in total. The maximum atomic E-state index is 12.3. The summed E-state index contributed by atoms with van der Waals surface area (Å²) < 4.78 is 0. The van der Waals surface area contributed by atoms with Crippen LogP contribution in [0.2, 0.25) is 0 Å². The van der Waals surface area contributed by atoms with Crippen molar-refractivity contribution in [1.29, 1.82) is 0 Å². The molecule has 0 aromatic heterocycles. The summed E-state index contributed by atoms with van der Waals surface area (Å²) in [6.07, 6.45) is 1.63. The molecule has 0 aliphatic carbocycles. The molecule has 1 aromatic rings. The number of carbonyl (C=O) groups is 2. The third-order valence-electron chi connectivity index (χ3n) is 4.52. The first-order chi connectivity index (χ1) is 9.98. The van der Waals surface area contributed by atoms with Crippen LogP contribution in [0.25, 0.3) is 0 Å². The largest absolute Gasteiger partial charge is 0.481 e. The molecule has 1 aromatic carbocycles. The predicted molar refractivity (Wildman–Crippen MR) is 81.4 cm³/mol. The molecule has 114 valence electrons. The minimum atomic E-state index is -0.746. The van der Waals surface area contributed by atoms with Crippen molar-refractivity contribution in [3.8, 4) is 0 Å². The smallest absolute Gasteiger partial charge is 0.321 e. The predicted octanol–water partition coefficient (Wildman–Crippen LogP) is 3.10. The number of rotatable bonds is 3. The molecule has 1 saturated heterocycles. The summed E-state index contributed by atoms with van der Waals surface area (Å²) in [5.74, 6) is -0.746. The molecule has 5 heteroatoms. The zero-order chi connectivity index (χ0) is 15.5. The Hall–Kier alpha value is -2.04. The number of hydrogen-bond donors (Lipinski definition) is 2. The van der Waals surface area contributed by atoms with Gasteiger partial charge in [-0.05, 0) is 37.8 Å². The second kappa shape index (κ2) is 6.16. The number of carboxylic acids is 1. The number of para-hydroxylation sites is 1. The second-order valence-electron chi connectivity index (χ2n) is 5.67. The van der Waals surface area contributed by atoms with Crippen LogP contribution in [0.3, 0.4) is 0 Å². The van der Waals surface area contributed by atoms with Gasteiger partial charge in [-0.15, -0.1) is 0 Å². The molecule has 21 heavy (non-hydrogen) atoms. The van der Waals surface area contributed by atoms with Gasteiger partial charge in [0.1, 0.15) is 0 Å². The fourth-order valence-electron chi connectivity index (χ4n) is 2.76. The van der Waals surface area contributed by atoms with Gasteiger partial charge in [-0.3, -0.25) is 4.79 Å². The lowest BCUT2D eigenvalue weighted by Gasteiger charge is -2.38. The molecule has 0 radical (unpaired) electrons. The summed E-state index contributed by atoms with van der Waals surface area (Å²) >= 11 is 0. The van der Waals surface area contributed by atoms with E-state index in [4.69, 9.17) is 0 Å². The standard InChI is InChI=1S/C16H22N2O3/c1-3-16(14(19)20)8-10-18(11-9-16)15(21)17-13-7-5-4-6-12(13)2/h4-7H,3,8-11H2,1-2H3,(H,17,21)(H,19,20). The number of carbonyl (C=O) groups excluding carboxylic acids is 1. The van der Waals surface area contributed by atoms with Crippen LogP contribution >= 0.6 is 0 Å². The van der Waals surface area contributed by atoms with E-state index in [0.717, 1.165) is 11.3 Å². The topological polar surface area (TPSA) is 69.6 Å². The maximum absolute atomic E-state index is 12.3.